The van der Waals surface area contributed by atoms with E-state index in [0.717, 1.165) is 29.7 Å². The van der Waals surface area contributed by atoms with Crippen LogP contribution in [0.3, 0.4) is 0 Å². The monoisotopic (exact) mass is 379 g/mol. The van der Waals surface area contributed by atoms with E-state index in [-0.39, 0.29) is 17.7 Å². The third kappa shape index (κ3) is 4.24. The first-order valence-corrected chi connectivity index (χ1v) is 10.1. The molecule has 1 aromatic heterocycles. The van der Waals surface area contributed by atoms with E-state index in [4.69, 9.17) is 0 Å². The number of nitrogens with zero attached hydrogens (tertiary/aromatic N) is 3. The number of amides is 2. The lowest BCUT2D eigenvalue weighted by Gasteiger charge is -2.41. The van der Waals surface area contributed by atoms with E-state index in [1.54, 1.807) is 11.1 Å². The molecule has 28 heavy (non-hydrogen) atoms. The highest BCUT2D eigenvalue weighted by Gasteiger charge is 2.38. The predicted octanol–water partition coefficient (Wildman–Crippen LogP) is 3.40. The van der Waals surface area contributed by atoms with Crippen molar-refractivity contribution >= 4 is 11.8 Å². The van der Waals surface area contributed by atoms with Gasteiger partial charge >= 0.3 is 0 Å². The number of rotatable bonds is 6. The summed E-state index contributed by atoms with van der Waals surface area (Å²) in [6.45, 7) is 7.82. The summed E-state index contributed by atoms with van der Waals surface area (Å²) in [7, 11) is 0. The second-order valence-corrected chi connectivity index (χ2v) is 7.63. The molecule has 1 unspecified atom stereocenters. The number of pyridine rings is 1. The summed E-state index contributed by atoms with van der Waals surface area (Å²) in [4.78, 5) is 34.0. The van der Waals surface area contributed by atoms with Crippen molar-refractivity contribution in [3.05, 3.63) is 54.4 Å². The fourth-order valence-electron chi connectivity index (χ4n) is 3.83. The van der Waals surface area contributed by atoms with Gasteiger partial charge in [-0.1, -0.05) is 51.1 Å². The van der Waals surface area contributed by atoms with Crippen molar-refractivity contribution in [1.82, 2.24) is 14.8 Å². The van der Waals surface area contributed by atoms with Crippen molar-refractivity contribution in [1.29, 1.82) is 0 Å². The second kappa shape index (κ2) is 9.00. The van der Waals surface area contributed by atoms with Crippen molar-refractivity contribution in [2.75, 3.05) is 19.6 Å². The maximum absolute atomic E-state index is 13.2. The first-order chi connectivity index (χ1) is 13.5. The van der Waals surface area contributed by atoms with Crippen LogP contribution in [0.4, 0.5) is 0 Å². The van der Waals surface area contributed by atoms with Gasteiger partial charge in [-0.05, 0) is 23.6 Å². The SMILES string of the molecule is CCCN1CCN(C(=O)C(C)C)C(Cc2ccccc2-c2cccnc2)C1=O. The van der Waals surface area contributed by atoms with Crippen LogP contribution >= 0.6 is 0 Å². The van der Waals surface area contributed by atoms with Gasteiger partial charge in [0.1, 0.15) is 6.04 Å². The Morgan fingerprint density at radius 2 is 1.96 bits per heavy atom. The van der Waals surface area contributed by atoms with E-state index in [9.17, 15) is 9.59 Å². The summed E-state index contributed by atoms with van der Waals surface area (Å²) >= 11 is 0. The molecule has 148 valence electrons. The zero-order valence-corrected chi connectivity index (χ0v) is 17.0. The molecule has 1 aromatic carbocycles. The quantitative estimate of drug-likeness (QED) is 0.773. The summed E-state index contributed by atoms with van der Waals surface area (Å²) in [5.41, 5.74) is 3.15. The lowest BCUT2D eigenvalue weighted by molar-refractivity contribution is -0.153. The van der Waals surface area contributed by atoms with Crippen LogP contribution in [0, 0.1) is 5.92 Å². The van der Waals surface area contributed by atoms with E-state index in [1.807, 2.05) is 55.3 Å². The van der Waals surface area contributed by atoms with Crippen molar-refractivity contribution in [2.24, 2.45) is 5.92 Å². The number of benzene rings is 1. The molecule has 0 aliphatic carbocycles. The third-order valence-corrected chi connectivity index (χ3v) is 5.26. The normalized spacial score (nSPS) is 17.3. The Bertz CT molecular complexity index is 820. The third-order valence-electron chi connectivity index (χ3n) is 5.26. The maximum Gasteiger partial charge on any atom is 0.245 e. The van der Waals surface area contributed by atoms with Crippen LogP contribution in [-0.4, -0.2) is 52.3 Å². The van der Waals surface area contributed by atoms with Crippen LogP contribution in [0.25, 0.3) is 11.1 Å². The van der Waals surface area contributed by atoms with Crippen LogP contribution in [0.5, 0.6) is 0 Å². The highest BCUT2D eigenvalue weighted by molar-refractivity contribution is 5.90. The predicted molar refractivity (Wildman–Crippen MR) is 111 cm³/mol. The molecule has 0 bridgehead atoms. The average molecular weight is 380 g/mol. The molecule has 1 fully saturated rings. The first-order valence-electron chi connectivity index (χ1n) is 10.1. The minimum Gasteiger partial charge on any atom is -0.339 e. The molecule has 2 amide bonds. The van der Waals surface area contributed by atoms with Crippen LogP contribution in [0.2, 0.25) is 0 Å². The molecule has 1 atom stereocenters. The minimum absolute atomic E-state index is 0.0494. The fraction of sp³-hybridized carbons (Fsp3) is 0.435. The van der Waals surface area contributed by atoms with Crippen molar-refractivity contribution in [3.8, 4) is 11.1 Å². The first kappa shape index (κ1) is 20.1. The molecule has 5 nitrogen and oxygen atoms in total. The minimum atomic E-state index is -0.451. The number of carbonyl (C=O) groups excluding carboxylic acids is 2. The van der Waals surface area contributed by atoms with Gasteiger partial charge in [-0.25, -0.2) is 0 Å². The lowest BCUT2D eigenvalue weighted by atomic mass is 9.93. The van der Waals surface area contributed by atoms with Gasteiger partial charge < -0.3 is 9.80 Å². The van der Waals surface area contributed by atoms with Gasteiger partial charge in [-0.15, -0.1) is 0 Å². The van der Waals surface area contributed by atoms with E-state index in [2.05, 4.69) is 18.0 Å². The topological polar surface area (TPSA) is 53.5 Å². The van der Waals surface area contributed by atoms with Crippen molar-refractivity contribution < 1.29 is 9.59 Å². The highest BCUT2D eigenvalue weighted by Crippen LogP contribution is 2.27. The van der Waals surface area contributed by atoms with Gasteiger partial charge in [0.2, 0.25) is 11.8 Å². The van der Waals surface area contributed by atoms with E-state index in [1.165, 1.54) is 0 Å². The number of piperazine rings is 1. The molecule has 5 heteroatoms. The zero-order chi connectivity index (χ0) is 20.1. The Hall–Kier alpha value is -2.69. The standard InChI is InChI=1S/C23H29N3O2/c1-4-12-25-13-14-26(22(27)17(2)3)21(23(25)28)15-18-8-5-6-10-20(18)19-9-7-11-24-16-19/h5-11,16-17,21H,4,12-15H2,1-3H3. The largest absolute Gasteiger partial charge is 0.339 e. The molecule has 1 aliphatic heterocycles. The van der Waals surface area contributed by atoms with Gasteiger partial charge in [0.05, 0.1) is 0 Å². The van der Waals surface area contributed by atoms with Gasteiger partial charge in [0.25, 0.3) is 0 Å². The Balaban J connectivity index is 1.94. The summed E-state index contributed by atoms with van der Waals surface area (Å²) in [5, 5.41) is 0. The molecule has 3 rings (SSSR count). The van der Waals surface area contributed by atoms with Crippen molar-refractivity contribution in [2.45, 2.75) is 39.7 Å². The molecule has 2 heterocycles. The fourth-order valence-corrected chi connectivity index (χ4v) is 3.83. The molecule has 0 radical (unpaired) electrons. The molecular weight excluding hydrogens is 350 g/mol. The molecule has 0 saturated carbocycles. The Morgan fingerprint density at radius 3 is 2.64 bits per heavy atom. The molecule has 0 N–H and O–H groups in total. The van der Waals surface area contributed by atoms with Gasteiger partial charge in [-0.2, -0.15) is 0 Å². The summed E-state index contributed by atoms with van der Waals surface area (Å²) in [6.07, 6.45) is 5.02. The molecule has 1 saturated heterocycles. The Labute approximate surface area is 167 Å². The summed E-state index contributed by atoms with van der Waals surface area (Å²) < 4.78 is 0. The van der Waals surface area contributed by atoms with Gasteiger partial charge in [0, 0.05) is 49.9 Å². The van der Waals surface area contributed by atoms with E-state index < -0.39 is 6.04 Å². The number of hydrogen-bond acceptors (Lipinski definition) is 3. The Kier molecular flexibility index (Phi) is 6.45. The lowest BCUT2D eigenvalue weighted by Crippen LogP contribution is -2.60. The maximum atomic E-state index is 13.2. The number of hydrogen-bond donors (Lipinski definition) is 0. The zero-order valence-electron chi connectivity index (χ0n) is 17.0. The molecule has 0 spiro atoms. The number of aromatic nitrogens is 1. The van der Waals surface area contributed by atoms with Crippen molar-refractivity contribution in [3.63, 3.8) is 0 Å². The van der Waals surface area contributed by atoms with Crippen LogP contribution in [0.1, 0.15) is 32.8 Å². The molecule has 2 aromatic rings. The second-order valence-electron chi connectivity index (χ2n) is 7.63. The Morgan fingerprint density at radius 1 is 1.18 bits per heavy atom. The van der Waals surface area contributed by atoms with Crippen LogP contribution in [0.15, 0.2) is 48.8 Å². The average Bonchev–Trinajstić information content (AvgIpc) is 2.71. The van der Waals surface area contributed by atoms with E-state index >= 15 is 0 Å². The summed E-state index contributed by atoms with van der Waals surface area (Å²) in [6, 6.07) is 11.6. The van der Waals surface area contributed by atoms with Crippen LogP contribution in [-0.2, 0) is 16.0 Å². The highest BCUT2D eigenvalue weighted by atomic mass is 16.2. The molecular formula is C23H29N3O2. The smallest absolute Gasteiger partial charge is 0.245 e. The summed E-state index contributed by atoms with van der Waals surface area (Å²) in [5.74, 6) is -0.0157. The van der Waals surface area contributed by atoms with Crippen LogP contribution < -0.4 is 0 Å². The van der Waals surface area contributed by atoms with Gasteiger partial charge in [-0.3, -0.25) is 14.6 Å². The number of carbonyl (C=O) groups is 2. The van der Waals surface area contributed by atoms with E-state index in [0.29, 0.717) is 19.5 Å². The molecule has 1 aliphatic rings. The van der Waals surface area contributed by atoms with Gasteiger partial charge in [0.15, 0.2) is 0 Å².